The second kappa shape index (κ2) is 4.61. The van der Waals surface area contributed by atoms with Crippen molar-refractivity contribution in [3.63, 3.8) is 0 Å². The van der Waals surface area contributed by atoms with Crippen LogP contribution in [-0.4, -0.2) is 17.0 Å². The molecule has 0 N–H and O–H groups in total. The first kappa shape index (κ1) is 11.5. The Morgan fingerprint density at radius 1 is 1.00 bits per heavy atom. The molecule has 16 heavy (non-hydrogen) atoms. The molecule has 3 unspecified atom stereocenters. The molecule has 2 saturated carbocycles. The van der Waals surface area contributed by atoms with E-state index in [1.807, 2.05) is 0 Å². The average molecular weight is 287 g/mol. The predicted octanol–water partition coefficient (Wildman–Crippen LogP) is 4.29. The summed E-state index contributed by atoms with van der Waals surface area (Å²) in [4.78, 5) is 0.800. The normalized spacial score (nSPS) is 42.9. The Bertz CT molecular complexity index is 247. The molecule has 1 saturated heterocycles. The van der Waals surface area contributed by atoms with Crippen LogP contribution in [0.2, 0.25) is 0 Å². The zero-order valence-corrected chi connectivity index (χ0v) is 11.7. The van der Waals surface area contributed by atoms with E-state index in [0.29, 0.717) is 5.60 Å². The maximum absolute atomic E-state index is 6.14. The van der Waals surface area contributed by atoms with Crippen LogP contribution in [0.1, 0.15) is 57.8 Å². The summed E-state index contributed by atoms with van der Waals surface area (Å²) in [6.45, 7) is 1.03. The zero-order chi connectivity index (χ0) is 11.0. The first-order valence-electron chi connectivity index (χ1n) is 7.07. The molecule has 2 heteroatoms. The Kier molecular flexibility index (Phi) is 3.32. The Morgan fingerprint density at radius 3 is 2.50 bits per heavy atom. The fraction of sp³-hybridized carbons (Fsp3) is 1.00. The highest BCUT2D eigenvalue weighted by Gasteiger charge is 2.43. The van der Waals surface area contributed by atoms with Crippen LogP contribution in [0.25, 0.3) is 0 Å². The predicted molar refractivity (Wildman–Crippen MR) is 69.9 cm³/mol. The summed E-state index contributed by atoms with van der Waals surface area (Å²) in [6, 6.07) is 0. The molecule has 1 aliphatic heterocycles. The summed E-state index contributed by atoms with van der Waals surface area (Å²) >= 11 is 3.90. The lowest BCUT2D eigenvalue weighted by atomic mass is 9.77. The molecule has 0 aromatic carbocycles. The third kappa shape index (κ3) is 2.08. The maximum atomic E-state index is 6.14. The van der Waals surface area contributed by atoms with E-state index in [1.165, 1.54) is 57.8 Å². The number of hydrogen-bond acceptors (Lipinski definition) is 1. The van der Waals surface area contributed by atoms with Crippen molar-refractivity contribution in [1.82, 2.24) is 0 Å². The minimum absolute atomic E-state index is 0.318. The molecule has 1 nitrogen and oxygen atoms in total. The number of hydrogen-bond donors (Lipinski definition) is 0. The largest absolute Gasteiger partial charge is 0.375 e. The third-order valence-corrected chi connectivity index (χ3v) is 6.27. The van der Waals surface area contributed by atoms with Crippen molar-refractivity contribution in [3.8, 4) is 0 Å². The Hall–Kier alpha value is 0.440. The highest BCUT2D eigenvalue weighted by molar-refractivity contribution is 9.09. The molecule has 0 amide bonds. The molecule has 92 valence electrons. The first-order valence-corrected chi connectivity index (χ1v) is 7.99. The van der Waals surface area contributed by atoms with Crippen LogP contribution >= 0.6 is 15.9 Å². The fourth-order valence-electron chi connectivity index (χ4n) is 4.27. The van der Waals surface area contributed by atoms with Gasteiger partial charge in [0.15, 0.2) is 0 Å². The van der Waals surface area contributed by atoms with Crippen molar-refractivity contribution in [2.45, 2.75) is 68.2 Å². The molecule has 0 aromatic heterocycles. The van der Waals surface area contributed by atoms with Crippen molar-refractivity contribution in [2.75, 3.05) is 6.61 Å². The molecule has 2 aliphatic carbocycles. The van der Waals surface area contributed by atoms with Crippen LogP contribution < -0.4 is 0 Å². The first-order chi connectivity index (χ1) is 7.79. The van der Waals surface area contributed by atoms with E-state index in [1.54, 1.807) is 0 Å². The maximum Gasteiger partial charge on any atom is 0.0685 e. The quantitative estimate of drug-likeness (QED) is 0.654. The van der Waals surface area contributed by atoms with Gasteiger partial charge in [0.2, 0.25) is 0 Å². The highest BCUT2D eigenvalue weighted by Crippen LogP contribution is 2.48. The Labute approximate surface area is 107 Å². The number of ether oxygens (including phenoxy) is 1. The Morgan fingerprint density at radius 2 is 1.81 bits per heavy atom. The molecule has 3 fully saturated rings. The highest BCUT2D eigenvalue weighted by atomic mass is 79.9. The van der Waals surface area contributed by atoms with Crippen molar-refractivity contribution in [1.29, 1.82) is 0 Å². The van der Waals surface area contributed by atoms with Crippen LogP contribution in [0.15, 0.2) is 0 Å². The molecule has 3 atom stereocenters. The SMILES string of the molecule is BrC1CCCC1C1CCOC2(CCCC2)C1. The van der Waals surface area contributed by atoms with Gasteiger partial charge >= 0.3 is 0 Å². The van der Waals surface area contributed by atoms with Crippen molar-refractivity contribution < 1.29 is 4.74 Å². The van der Waals surface area contributed by atoms with E-state index in [4.69, 9.17) is 4.74 Å². The fourth-order valence-corrected chi connectivity index (χ4v) is 5.29. The van der Waals surface area contributed by atoms with E-state index in [9.17, 15) is 0 Å². The average Bonchev–Trinajstić information content (AvgIpc) is 2.88. The van der Waals surface area contributed by atoms with E-state index in [2.05, 4.69) is 15.9 Å². The van der Waals surface area contributed by atoms with Crippen LogP contribution in [0.5, 0.6) is 0 Å². The van der Waals surface area contributed by atoms with Gasteiger partial charge in [-0.15, -0.1) is 0 Å². The van der Waals surface area contributed by atoms with Gasteiger partial charge in [0.25, 0.3) is 0 Å². The van der Waals surface area contributed by atoms with Gasteiger partial charge in [-0.3, -0.25) is 0 Å². The van der Waals surface area contributed by atoms with Gasteiger partial charge in [0, 0.05) is 11.4 Å². The van der Waals surface area contributed by atoms with E-state index >= 15 is 0 Å². The summed E-state index contributed by atoms with van der Waals surface area (Å²) in [7, 11) is 0. The van der Waals surface area contributed by atoms with Crippen molar-refractivity contribution >= 4 is 15.9 Å². The van der Waals surface area contributed by atoms with Gasteiger partial charge in [0.1, 0.15) is 0 Å². The number of rotatable bonds is 1. The lowest BCUT2D eigenvalue weighted by molar-refractivity contribution is -0.101. The summed E-state index contributed by atoms with van der Waals surface area (Å²) in [6.07, 6.45) is 12.4. The van der Waals surface area contributed by atoms with Crippen LogP contribution in [0.3, 0.4) is 0 Å². The van der Waals surface area contributed by atoms with Crippen molar-refractivity contribution in [2.24, 2.45) is 11.8 Å². The van der Waals surface area contributed by atoms with Gasteiger partial charge in [-0.2, -0.15) is 0 Å². The molecule has 0 aromatic rings. The smallest absolute Gasteiger partial charge is 0.0685 e. The number of alkyl halides is 1. The van der Waals surface area contributed by atoms with Gasteiger partial charge in [0.05, 0.1) is 5.60 Å². The minimum Gasteiger partial charge on any atom is -0.375 e. The van der Waals surface area contributed by atoms with Crippen LogP contribution in [0, 0.1) is 11.8 Å². The molecule has 3 aliphatic rings. The summed E-state index contributed by atoms with van der Waals surface area (Å²) in [5, 5.41) is 0. The molecule has 0 radical (unpaired) electrons. The van der Waals surface area contributed by atoms with E-state index < -0.39 is 0 Å². The molecule has 1 spiro atoms. The summed E-state index contributed by atoms with van der Waals surface area (Å²) in [5.74, 6) is 1.89. The van der Waals surface area contributed by atoms with Gasteiger partial charge in [-0.1, -0.05) is 35.2 Å². The van der Waals surface area contributed by atoms with Gasteiger partial charge in [-0.25, -0.2) is 0 Å². The molecule has 1 heterocycles. The van der Waals surface area contributed by atoms with Crippen LogP contribution in [0.4, 0.5) is 0 Å². The van der Waals surface area contributed by atoms with E-state index in [0.717, 1.165) is 23.3 Å². The summed E-state index contributed by atoms with van der Waals surface area (Å²) < 4.78 is 6.14. The Balaban J connectivity index is 1.67. The second-order valence-electron chi connectivity index (χ2n) is 6.10. The molecule has 0 bridgehead atoms. The monoisotopic (exact) mass is 286 g/mol. The second-order valence-corrected chi connectivity index (χ2v) is 7.28. The standard InChI is InChI=1S/C14H23BrO/c15-13-5-3-4-12(13)11-6-9-16-14(10-11)7-1-2-8-14/h11-13H,1-10H2. The third-order valence-electron chi connectivity index (χ3n) is 5.13. The molecular formula is C14H23BrO. The lowest BCUT2D eigenvalue weighted by Crippen LogP contribution is -2.40. The molecular weight excluding hydrogens is 264 g/mol. The van der Waals surface area contributed by atoms with Crippen molar-refractivity contribution in [3.05, 3.63) is 0 Å². The van der Waals surface area contributed by atoms with E-state index in [-0.39, 0.29) is 0 Å². The molecule has 3 rings (SSSR count). The van der Waals surface area contributed by atoms with Gasteiger partial charge in [-0.05, 0) is 50.4 Å². The lowest BCUT2D eigenvalue weighted by Gasteiger charge is -2.41. The zero-order valence-electron chi connectivity index (χ0n) is 10.1. The number of halogens is 1. The minimum atomic E-state index is 0.318. The van der Waals surface area contributed by atoms with Crippen LogP contribution in [-0.2, 0) is 4.74 Å². The topological polar surface area (TPSA) is 9.23 Å². The summed E-state index contributed by atoms with van der Waals surface area (Å²) in [5.41, 5.74) is 0.318. The van der Waals surface area contributed by atoms with Gasteiger partial charge < -0.3 is 4.74 Å².